The summed E-state index contributed by atoms with van der Waals surface area (Å²) in [5.74, 6) is 1.10. The minimum Gasteiger partial charge on any atom is -0.332 e. The van der Waals surface area contributed by atoms with Gasteiger partial charge in [-0.25, -0.2) is 0 Å². The quantitative estimate of drug-likeness (QED) is 0.928. The van der Waals surface area contributed by atoms with Crippen molar-refractivity contribution in [2.45, 2.75) is 44.0 Å². The van der Waals surface area contributed by atoms with Gasteiger partial charge in [0.2, 0.25) is 5.91 Å². The molecule has 1 aromatic rings. The average Bonchev–Trinajstić information content (AvgIpc) is 2.47. The fourth-order valence-corrected chi connectivity index (χ4v) is 3.98. The van der Waals surface area contributed by atoms with E-state index in [1.807, 2.05) is 34.9 Å². The van der Waals surface area contributed by atoms with Crippen molar-refractivity contribution in [2.75, 3.05) is 12.3 Å². The first-order chi connectivity index (χ1) is 9.65. The fourth-order valence-electron chi connectivity index (χ4n) is 2.82. The van der Waals surface area contributed by atoms with Gasteiger partial charge in [-0.2, -0.15) is 11.8 Å². The second kappa shape index (κ2) is 7.14. The molecule has 1 aliphatic rings. The van der Waals surface area contributed by atoms with Crippen LogP contribution in [0.15, 0.2) is 30.3 Å². The van der Waals surface area contributed by atoms with Crippen LogP contribution in [0.5, 0.6) is 0 Å². The Labute approximate surface area is 125 Å². The van der Waals surface area contributed by atoms with Crippen molar-refractivity contribution in [2.24, 2.45) is 5.73 Å². The number of hydrogen-bond donors (Lipinski definition) is 1. The lowest BCUT2D eigenvalue weighted by Crippen LogP contribution is -2.50. The van der Waals surface area contributed by atoms with Gasteiger partial charge in [0.25, 0.3) is 0 Å². The van der Waals surface area contributed by atoms with Gasteiger partial charge in [0, 0.05) is 17.5 Å². The predicted molar refractivity (Wildman–Crippen MR) is 85.7 cm³/mol. The third-order valence-electron chi connectivity index (χ3n) is 3.83. The topological polar surface area (TPSA) is 46.3 Å². The van der Waals surface area contributed by atoms with E-state index in [4.69, 9.17) is 5.73 Å². The highest BCUT2D eigenvalue weighted by molar-refractivity contribution is 8.00. The van der Waals surface area contributed by atoms with Gasteiger partial charge < -0.3 is 10.6 Å². The van der Waals surface area contributed by atoms with Crippen LogP contribution in [0.1, 0.15) is 38.3 Å². The molecule has 1 saturated heterocycles. The van der Waals surface area contributed by atoms with Crippen molar-refractivity contribution in [3.05, 3.63) is 35.9 Å². The maximum absolute atomic E-state index is 12.6. The molecule has 0 aliphatic carbocycles. The Bertz CT molecular complexity index is 437. The fraction of sp³-hybridized carbons (Fsp3) is 0.562. The van der Waals surface area contributed by atoms with Crippen LogP contribution < -0.4 is 5.73 Å². The van der Waals surface area contributed by atoms with E-state index in [-0.39, 0.29) is 18.0 Å². The molecule has 1 aliphatic heterocycles. The van der Waals surface area contributed by atoms with Crippen LogP contribution in [-0.4, -0.2) is 34.4 Å². The molecule has 0 saturated carbocycles. The Balaban J connectivity index is 2.22. The molecule has 0 bridgehead atoms. The second-order valence-corrected chi connectivity index (χ2v) is 6.84. The van der Waals surface area contributed by atoms with Crippen molar-refractivity contribution >= 4 is 17.7 Å². The molecule has 1 aromatic carbocycles. The van der Waals surface area contributed by atoms with Crippen LogP contribution in [0.25, 0.3) is 0 Å². The summed E-state index contributed by atoms with van der Waals surface area (Å²) in [5, 5.41) is 0.406. The summed E-state index contributed by atoms with van der Waals surface area (Å²) in [5.41, 5.74) is 7.26. The molecule has 4 heteroatoms. The lowest BCUT2D eigenvalue weighted by atomic mass is 10.0. The maximum atomic E-state index is 12.6. The van der Waals surface area contributed by atoms with Crippen LogP contribution in [0, 0.1) is 0 Å². The molecule has 20 heavy (non-hydrogen) atoms. The average molecular weight is 292 g/mol. The molecular weight excluding hydrogens is 268 g/mol. The number of amides is 1. The summed E-state index contributed by atoms with van der Waals surface area (Å²) < 4.78 is 0. The van der Waals surface area contributed by atoms with Gasteiger partial charge in [0.15, 0.2) is 0 Å². The van der Waals surface area contributed by atoms with Gasteiger partial charge in [-0.3, -0.25) is 4.79 Å². The Morgan fingerprint density at radius 1 is 1.45 bits per heavy atom. The zero-order valence-electron chi connectivity index (χ0n) is 12.3. The van der Waals surface area contributed by atoms with Crippen LogP contribution in [0.4, 0.5) is 0 Å². The summed E-state index contributed by atoms with van der Waals surface area (Å²) in [6, 6.07) is 10.1. The summed E-state index contributed by atoms with van der Waals surface area (Å²) in [6.07, 6.45) is 1.71. The van der Waals surface area contributed by atoms with Crippen molar-refractivity contribution in [1.29, 1.82) is 0 Å². The number of carbonyl (C=O) groups excluding carboxylic acids is 1. The number of nitrogens with zero attached hydrogens (tertiary/aromatic N) is 1. The van der Waals surface area contributed by atoms with E-state index in [2.05, 4.69) is 26.0 Å². The molecule has 2 rings (SSSR count). The monoisotopic (exact) mass is 292 g/mol. The van der Waals surface area contributed by atoms with Crippen molar-refractivity contribution in [1.82, 2.24) is 4.90 Å². The van der Waals surface area contributed by atoms with Crippen molar-refractivity contribution in [3.63, 3.8) is 0 Å². The Hall–Kier alpha value is -1.00. The molecule has 0 radical (unpaired) electrons. The van der Waals surface area contributed by atoms with Gasteiger partial charge >= 0.3 is 0 Å². The molecule has 2 N–H and O–H groups in total. The Kier molecular flexibility index (Phi) is 5.49. The largest absolute Gasteiger partial charge is 0.332 e. The maximum Gasteiger partial charge on any atom is 0.240 e. The van der Waals surface area contributed by atoms with Crippen molar-refractivity contribution < 1.29 is 4.79 Å². The van der Waals surface area contributed by atoms with Gasteiger partial charge in [0.1, 0.15) is 0 Å². The molecule has 1 fully saturated rings. The highest BCUT2D eigenvalue weighted by Crippen LogP contribution is 2.36. The lowest BCUT2D eigenvalue weighted by molar-refractivity contribution is -0.135. The number of benzene rings is 1. The van der Waals surface area contributed by atoms with Gasteiger partial charge in [0.05, 0.1) is 12.1 Å². The zero-order chi connectivity index (χ0) is 14.5. The Morgan fingerprint density at radius 2 is 2.15 bits per heavy atom. The van der Waals surface area contributed by atoms with Crippen LogP contribution in [0.3, 0.4) is 0 Å². The van der Waals surface area contributed by atoms with Crippen LogP contribution >= 0.6 is 11.8 Å². The molecular formula is C16H24N2OS. The van der Waals surface area contributed by atoms with Crippen LogP contribution in [0.2, 0.25) is 0 Å². The molecule has 1 amide bonds. The smallest absolute Gasteiger partial charge is 0.240 e. The van der Waals surface area contributed by atoms with E-state index < -0.39 is 0 Å². The third kappa shape index (κ3) is 3.36. The van der Waals surface area contributed by atoms with Gasteiger partial charge in [-0.05, 0) is 12.0 Å². The molecule has 110 valence electrons. The standard InChI is InChI=1S/C16H24N2OS/c1-3-7-14(17)16(19)18-10-11-20-12(2)15(18)13-8-5-4-6-9-13/h4-6,8-9,12,14-15H,3,7,10-11,17H2,1-2H3. The second-order valence-electron chi connectivity index (χ2n) is 5.36. The van der Waals surface area contributed by atoms with Gasteiger partial charge in [-0.15, -0.1) is 0 Å². The molecule has 3 unspecified atom stereocenters. The van der Waals surface area contributed by atoms with E-state index in [1.165, 1.54) is 5.56 Å². The van der Waals surface area contributed by atoms with E-state index in [1.54, 1.807) is 0 Å². The molecule has 1 heterocycles. The lowest BCUT2D eigenvalue weighted by Gasteiger charge is -2.41. The number of rotatable bonds is 4. The van der Waals surface area contributed by atoms with E-state index in [0.717, 1.165) is 25.1 Å². The minimum absolute atomic E-state index is 0.104. The van der Waals surface area contributed by atoms with Gasteiger partial charge in [-0.1, -0.05) is 50.6 Å². The van der Waals surface area contributed by atoms with E-state index >= 15 is 0 Å². The minimum atomic E-state index is -0.360. The SMILES string of the molecule is CCCC(N)C(=O)N1CCSC(C)C1c1ccccc1. The third-order valence-corrected chi connectivity index (χ3v) is 5.04. The van der Waals surface area contributed by atoms with E-state index in [0.29, 0.717) is 5.25 Å². The zero-order valence-corrected chi connectivity index (χ0v) is 13.1. The predicted octanol–water partition coefficient (Wildman–Crippen LogP) is 2.82. The molecule has 0 aromatic heterocycles. The molecule has 0 spiro atoms. The van der Waals surface area contributed by atoms with E-state index in [9.17, 15) is 4.79 Å². The summed E-state index contributed by atoms with van der Waals surface area (Å²) in [4.78, 5) is 14.6. The number of nitrogens with two attached hydrogens (primary N) is 1. The number of carbonyl (C=O) groups is 1. The summed E-state index contributed by atoms with van der Waals surface area (Å²) >= 11 is 1.93. The summed E-state index contributed by atoms with van der Waals surface area (Å²) in [7, 11) is 0. The first kappa shape index (κ1) is 15.4. The van der Waals surface area contributed by atoms with Crippen LogP contribution in [-0.2, 0) is 4.79 Å². The highest BCUT2D eigenvalue weighted by Gasteiger charge is 2.35. The number of thioether (sulfide) groups is 1. The first-order valence-electron chi connectivity index (χ1n) is 7.37. The Morgan fingerprint density at radius 3 is 2.80 bits per heavy atom. The highest BCUT2D eigenvalue weighted by atomic mass is 32.2. The summed E-state index contributed by atoms with van der Waals surface area (Å²) in [6.45, 7) is 5.06. The normalized spacial score (nSPS) is 24.4. The molecule has 3 nitrogen and oxygen atoms in total. The number of hydrogen-bond acceptors (Lipinski definition) is 3. The van der Waals surface area contributed by atoms with Crippen molar-refractivity contribution in [3.8, 4) is 0 Å². The first-order valence-corrected chi connectivity index (χ1v) is 8.42. The molecule has 3 atom stereocenters.